The number of primary amides is 1. The van der Waals surface area contributed by atoms with Gasteiger partial charge in [-0.25, -0.2) is 4.79 Å². The van der Waals surface area contributed by atoms with Crippen LogP contribution >= 0.6 is 0 Å². The van der Waals surface area contributed by atoms with Crippen LogP contribution in [0.2, 0.25) is 0 Å². The van der Waals surface area contributed by atoms with Crippen LogP contribution in [0.15, 0.2) is 35.9 Å². The van der Waals surface area contributed by atoms with Gasteiger partial charge in [0.25, 0.3) is 0 Å². The number of nitrogens with zero attached hydrogens (tertiary/aromatic N) is 1. The minimum Gasteiger partial charge on any atom is -0.481 e. The number of nitrogens with two attached hydrogens (primary N) is 1. The van der Waals surface area contributed by atoms with Gasteiger partial charge in [-0.1, -0.05) is 17.7 Å². The number of hydrogen-bond acceptors (Lipinski definition) is 3. The lowest BCUT2D eigenvalue weighted by Crippen LogP contribution is -2.12. The van der Waals surface area contributed by atoms with Crippen LogP contribution < -0.4 is 10.5 Å². The fourth-order valence-electron chi connectivity index (χ4n) is 4.51. The Morgan fingerprint density at radius 2 is 2.00 bits per heavy atom. The van der Waals surface area contributed by atoms with Gasteiger partial charge in [0.15, 0.2) is 6.61 Å². The number of aliphatic carboxylic acids is 1. The van der Waals surface area contributed by atoms with E-state index in [1.807, 2.05) is 25.1 Å². The van der Waals surface area contributed by atoms with Crippen molar-refractivity contribution in [3.63, 3.8) is 0 Å². The number of hydrogen-bond donors (Lipinski definition) is 2. The standard InChI is InChI=1S/C24H26N2O4/c1-3-14(2)12-26-18-10-6-9-17(24(25)29)21(18)22-19(30-13-20(27)28)11-15-7-4-5-8-16(15)23(22)26/h3,6,9-11H,4-5,7-8,12-13H2,1-2H3,(H2,25,29)(H,27,28)/b14-3+. The Kier molecular flexibility index (Phi) is 5.24. The van der Waals surface area contributed by atoms with Gasteiger partial charge in [-0.15, -0.1) is 0 Å². The van der Waals surface area contributed by atoms with E-state index in [-0.39, 0.29) is 0 Å². The van der Waals surface area contributed by atoms with Gasteiger partial charge in [0.1, 0.15) is 5.75 Å². The number of ether oxygens (including phenoxy) is 1. The first-order chi connectivity index (χ1) is 14.4. The lowest BCUT2D eigenvalue weighted by molar-refractivity contribution is -0.139. The SMILES string of the molecule is C/C=C(\C)Cn1c2cccc(C(N)=O)c2c2c(OCC(=O)O)cc3c(c21)CCCC3. The predicted molar refractivity (Wildman–Crippen MR) is 117 cm³/mol. The molecule has 0 radical (unpaired) electrons. The Hall–Kier alpha value is -3.28. The van der Waals surface area contributed by atoms with Crippen molar-refractivity contribution in [2.75, 3.05) is 6.61 Å². The Morgan fingerprint density at radius 3 is 2.70 bits per heavy atom. The molecule has 0 bridgehead atoms. The van der Waals surface area contributed by atoms with E-state index in [4.69, 9.17) is 10.5 Å². The van der Waals surface area contributed by atoms with Gasteiger partial charge in [-0.05, 0) is 68.9 Å². The van der Waals surface area contributed by atoms with Gasteiger partial charge in [-0.2, -0.15) is 0 Å². The zero-order valence-corrected chi connectivity index (χ0v) is 17.3. The highest BCUT2D eigenvalue weighted by Gasteiger charge is 2.25. The van der Waals surface area contributed by atoms with E-state index in [2.05, 4.69) is 17.6 Å². The van der Waals surface area contributed by atoms with E-state index in [9.17, 15) is 14.7 Å². The van der Waals surface area contributed by atoms with Gasteiger partial charge >= 0.3 is 5.97 Å². The summed E-state index contributed by atoms with van der Waals surface area (Å²) in [6, 6.07) is 7.51. The first-order valence-corrected chi connectivity index (χ1v) is 10.3. The quantitative estimate of drug-likeness (QED) is 0.600. The van der Waals surface area contributed by atoms with Gasteiger partial charge in [0.2, 0.25) is 5.91 Å². The Morgan fingerprint density at radius 1 is 1.23 bits per heavy atom. The molecule has 1 aliphatic rings. The van der Waals surface area contributed by atoms with Gasteiger partial charge in [0.05, 0.1) is 16.4 Å². The Bertz CT molecular complexity index is 1200. The second-order valence-electron chi connectivity index (χ2n) is 7.91. The van der Waals surface area contributed by atoms with Crippen LogP contribution in [0.3, 0.4) is 0 Å². The van der Waals surface area contributed by atoms with Gasteiger partial charge in [0, 0.05) is 17.5 Å². The molecular formula is C24H26N2O4. The predicted octanol–water partition coefficient (Wildman–Crippen LogP) is 4.20. The first kappa shape index (κ1) is 20.0. The highest BCUT2D eigenvalue weighted by atomic mass is 16.5. The number of carbonyl (C=O) groups is 2. The number of benzene rings is 2. The van der Waals surface area contributed by atoms with E-state index in [0.29, 0.717) is 17.9 Å². The van der Waals surface area contributed by atoms with Crippen LogP contribution in [0, 0.1) is 0 Å². The zero-order chi connectivity index (χ0) is 21.4. The fraction of sp³-hybridized carbons (Fsp3) is 0.333. The molecule has 0 saturated carbocycles. The monoisotopic (exact) mass is 406 g/mol. The summed E-state index contributed by atoms with van der Waals surface area (Å²) in [7, 11) is 0. The summed E-state index contributed by atoms with van der Waals surface area (Å²) in [5.74, 6) is -1.04. The minimum absolute atomic E-state index is 0.422. The molecule has 0 spiro atoms. The highest BCUT2D eigenvalue weighted by molar-refractivity contribution is 6.20. The molecule has 0 atom stereocenters. The molecule has 0 aliphatic heterocycles. The van der Waals surface area contributed by atoms with Crippen molar-refractivity contribution in [3.05, 3.63) is 52.6 Å². The van der Waals surface area contributed by atoms with E-state index in [1.165, 1.54) is 16.7 Å². The number of amides is 1. The van der Waals surface area contributed by atoms with Crippen LogP contribution in [0.1, 0.15) is 48.2 Å². The molecular weight excluding hydrogens is 380 g/mol. The molecule has 1 aliphatic carbocycles. The zero-order valence-electron chi connectivity index (χ0n) is 17.3. The molecule has 0 unspecified atom stereocenters. The minimum atomic E-state index is -1.04. The van der Waals surface area contributed by atoms with Crippen LogP contribution in [0.25, 0.3) is 21.8 Å². The summed E-state index contributed by atoms with van der Waals surface area (Å²) < 4.78 is 7.98. The molecule has 0 saturated heterocycles. The van der Waals surface area contributed by atoms with Crippen molar-refractivity contribution in [2.24, 2.45) is 5.73 Å². The molecule has 3 aromatic rings. The molecule has 4 rings (SSSR count). The lowest BCUT2D eigenvalue weighted by Gasteiger charge is -2.21. The average Bonchev–Trinajstić information content (AvgIpc) is 3.06. The lowest BCUT2D eigenvalue weighted by atomic mass is 9.89. The Labute approximate surface area is 174 Å². The summed E-state index contributed by atoms with van der Waals surface area (Å²) in [6.45, 7) is 4.32. The summed E-state index contributed by atoms with van der Waals surface area (Å²) in [5, 5.41) is 10.7. The first-order valence-electron chi connectivity index (χ1n) is 10.3. The Balaban J connectivity index is 2.17. The van der Waals surface area contributed by atoms with Gasteiger partial charge < -0.3 is 20.1 Å². The highest BCUT2D eigenvalue weighted by Crippen LogP contribution is 2.43. The third-order valence-electron chi connectivity index (χ3n) is 5.95. The molecule has 0 fully saturated rings. The molecule has 30 heavy (non-hydrogen) atoms. The smallest absolute Gasteiger partial charge is 0.341 e. The maximum Gasteiger partial charge on any atom is 0.341 e. The van der Waals surface area contributed by atoms with E-state index in [0.717, 1.165) is 47.5 Å². The summed E-state index contributed by atoms with van der Waals surface area (Å²) in [4.78, 5) is 23.5. The van der Waals surface area contributed by atoms with Gasteiger partial charge in [-0.3, -0.25) is 4.79 Å². The average molecular weight is 406 g/mol. The molecule has 156 valence electrons. The molecule has 3 N–H and O–H groups in total. The van der Waals surface area contributed by atoms with E-state index in [1.54, 1.807) is 6.07 Å². The molecule has 1 aromatic heterocycles. The third kappa shape index (κ3) is 3.32. The van der Waals surface area contributed by atoms with Crippen LogP contribution in [0.4, 0.5) is 0 Å². The summed E-state index contributed by atoms with van der Waals surface area (Å²) in [5.41, 5.74) is 11.7. The molecule has 6 heteroatoms. The molecule has 6 nitrogen and oxygen atoms in total. The molecule has 1 amide bonds. The number of rotatable bonds is 6. The van der Waals surface area contributed by atoms with Crippen molar-refractivity contribution in [1.82, 2.24) is 4.57 Å². The van der Waals surface area contributed by atoms with Crippen molar-refractivity contribution in [3.8, 4) is 5.75 Å². The van der Waals surface area contributed by atoms with Crippen molar-refractivity contribution >= 4 is 33.7 Å². The van der Waals surface area contributed by atoms with Crippen LogP contribution in [0.5, 0.6) is 5.75 Å². The number of allylic oxidation sites excluding steroid dienone is 2. The van der Waals surface area contributed by atoms with Crippen molar-refractivity contribution in [2.45, 2.75) is 46.1 Å². The second-order valence-corrected chi connectivity index (χ2v) is 7.91. The normalized spacial score (nSPS) is 14.1. The van der Waals surface area contributed by atoms with Crippen molar-refractivity contribution < 1.29 is 19.4 Å². The topological polar surface area (TPSA) is 94.5 Å². The largest absolute Gasteiger partial charge is 0.481 e. The van der Waals surface area contributed by atoms with E-state index < -0.39 is 18.5 Å². The number of carboxylic acids is 1. The maximum atomic E-state index is 12.3. The number of aromatic nitrogens is 1. The van der Waals surface area contributed by atoms with Crippen LogP contribution in [-0.2, 0) is 24.2 Å². The van der Waals surface area contributed by atoms with Crippen LogP contribution in [-0.4, -0.2) is 28.2 Å². The maximum absolute atomic E-state index is 12.3. The summed E-state index contributed by atoms with van der Waals surface area (Å²) in [6.07, 6.45) is 6.15. The fourth-order valence-corrected chi connectivity index (χ4v) is 4.51. The number of carboxylic acid groups (broad SMARTS) is 1. The molecule has 2 aromatic carbocycles. The van der Waals surface area contributed by atoms with E-state index >= 15 is 0 Å². The molecule has 1 heterocycles. The third-order valence-corrected chi connectivity index (χ3v) is 5.95. The number of carbonyl (C=O) groups excluding carboxylic acids is 1. The summed E-state index contributed by atoms with van der Waals surface area (Å²) >= 11 is 0. The second kappa shape index (κ2) is 7.86. The number of fused-ring (bicyclic) bond motifs is 5. The number of aryl methyl sites for hydroxylation is 2. The van der Waals surface area contributed by atoms with Crippen molar-refractivity contribution in [1.29, 1.82) is 0 Å².